The molecule has 158 valence electrons. The maximum absolute atomic E-state index is 15.0. The zero-order valence-electron chi connectivity index (χ0n) is 17.1. The molecule has 0 aromatic heterocycles. The summed E-state index contributed by atoms with van der Waals surface area (Å²) in [5.74, 6) is -5.52. The van der Waals surface area contributed by atoms with Crippen molar-refractivity contribution in [1.82, 2.24) is 0 Å². The van der Waals surface area contributed by atoms with Crippen LogP contribution in [0.15, 0.2) is 48.5 Å². The third-order valence-corrected chi connectivity index (χ3v) is 8.36. The highest BCUT2D eigenvalue weighted by Crippen LogP contribution is 2.25. The van der Waals surface area contributed by atoms with Crippen LogP contribution < -0.4 is 5.19 Å². The normalized spacial score (nSPS) is 11.7. The zero-order valence-corrected chi connectivity index (χ0v) is 18.1. The second-order valence-corrected chi connectivity index (χ2v) is 12.8. The van der Waals surface area contributed by atoms with E-state index in [0.29, 0.717) is 11.1 Å². The van der Waals surface area contributed by atoms with E-state index in [4.69, 9.17) is 0 Å². The highest BCUT2D eigenvalue weighted by molar-refractivity contribution is 6.89. The van der Waals surface area contributed by atoms with Crippen molar-refractivity contribution in [3.63, 3.8) is 0 Å². The van der Waals surface area contributed by atoms with Crippen molar-refractivity contribution in [3.8, 4) is 11.1 Å². The van der Waals surface area contributed by atoms with E-state index in [1.807, 2.05) is 24.3 Å². The summed E-state index contributed by atoms with van der Waals surface area (Å²) < 4.78 is 70.3. The fourth-order valence-corrected chi connectivity index (χ4v) is 6.69. The molecule has 0 atom stereocenters. The molecule has 0 radical (unpaired) electrons. The molecule has 3 rings (SSSR count). The van der Waals surface area contributed by atoms with Crippen LogP contribution >= 0.6 is 0 Å². The Morgan fingerprint density at radius 3 is 1.70 bits per heavy atom. The molecule has 0 spiro atoms. The maximum atomic E-state index is 15.0. The number of aryl methyl sites for hydroxylation is 1. The van der Waals surface area contributed by atoms with Gasteiger partial charge in [0.05, 0.1) is 8.07 Å². The van der Waals surface area contributed by atoms with Crippen molar-refractivity contribution >= 4 is 13.3 Å². The van der Waals surface area contributed by atoms with Crippen molar-refractivity contribution in [2.24, 2.45) is 0 Å². The van der Waals surface area contributed by atoms with Gasteiger partial charge in [-0.1, -0.05) is 50.7 Å². The Balaban J connectivity index is 1.94. The van der Waals surface area contributed by atoms with Crippen LogP contribution in [-0.4, -0.2) is 8.07 Å². The molecule has 3 aromatic rings. The number of rotatable bonds is 6. The van der Waals surface area contributed by atoms with Crippen LogP contribution in [0.5, 0.6) is 0 Å². The fourth-order valence-electron chi connectivity index (χ4n) is 3.85. The van der Waals surface area contributed by atoms with Gasteiger partial charge in [0.2, 0.25) is 0 Å². The maximum Gasteiger partial charge on any atom is 0.194 e. The highest BCUT2D eigenvalue weighted by Gasteiger charge is 2.31. The minimum Gasteiger partial charge on any atom is -0.207 e. The minimum absolute atomic E-state index is 0.0426. The van der Waals surface area contributed by atoms with Gasteiger partial charge in [-0.15, -0.1) is 0 Å². The molecule has 0 nitrogen and oxygen atoms in total. The molecule has 0 aliphatic carbocycles. The lowest BCUT2D eigenvalue weighted by atomic mass is 10.0. The largest absolute Gasteiger partial charge is 0.207 e. The van der Waals surface area contributed by atoms with Crippen LogP contribution in [0.1, 0.15) is 24.5 Å². The summed E-state index contributed by atoms with van der Waals surface area (Å²) in [6.07, 6.45) is 1.95. The summed E-state index contributed by atoms with van der Waals surface area (Å²) in [5.41, 5.74) is 2.48. The first-order valence-electron chi connectivity index (χ1n) is 9.84. The molecule has 0 unspecified atom stereocenters. The molecule has 0 aliphatic rings. The van der Waals surface area contributed by atoms with Gasteiger partial charge < -0.3 is 0 Å². The zero-order chi connectivity index (χ0) is 22.1. The number of hydrogen-bond acceptors (Lipinski definition) is 0. The smallest absolute Gasteiger partial charge is 0.194 e. The average Bonchev–Trinajstić information content (AvgIpc) is 2.65. The van der Waals surface area contributed by atoms with E-state index in [9.17, 15) is 13.2 Å². The number of hydrogen-bond donors (Lipinski definition) is 0. The molecule has 0 saturated carbocycles. The molecule has 0 bridgehead atoms. The van der Waals surface area contributed by atoms with E-state index >= 15 is 8.78 Å². The third kappa shape index (κ3) is 4.64. The lowest BCUT2D eigenvalue weighted by molar-refractivity contribution is 0.446. The van der Waals surface area contributed by atoms with Crippen molar-refractivity contribution in [1.29, 1.82) is 0 Å². The molecular formula is C24H23F5Si. The molecular weight excluding hydrogens is 411 g/mol. The Morgan fingerprint density at radius 1 is 0.667 bits per heavy atom. The monoisotopic (exact) mass is 434 g/mol. The van der Waals surface area contributed by atoms with Gasteiger partial charge in [-0.25, -0.2) is 22.0 Å². The first-order valence-corrected chi connectivity index (χ1v) is 13.1. The van der Waals surface area contributed by atoms with Gasteiger partial charge in [0, 0.05) is 5.19 Å². The lowest BCUT2D eigenvalue weighted by Crippen LogP contribution is -2.48. The number of halogens is 5. The Labute approximate surface area is 174 Å². The van der Waals surface area contributed by atoms with Gasteiger partial charge in [-0.2, -0.15) is 0 Å². The first kappa shape index (κ1) is 22.2. The predicted molar refractivity (Wildman–Crippen MR) is 113 cm³/mol. The lowest BCUT2D eigenvalue weighted by Gasteiger charge is -2.25. The van der Waals surface area contributed by atoms with Gasteiger partial charge in [0.1, 0.15) is 11.6 Å². The van der Waals surface area contributed by atoms with Gasteiger partial charge in [0.15, 0.2) is 17.5 Å². The second kappa shape index (κ2) is 8.72. The van der Waals surface area contributed by atoms with Gasteiger partial charge in [-0.05, 0) is 59.0 Å². The Morgan fingerprint density at radius 2 is 1.20 bits per heavy atom. The summed E-state index contributed by atoms with van der Waals surface area (Å²) >= 11 is 0. The summed E-state index contributed by atoms with van der Waals surface area (Å²) in [5, 5.41) is -0.0426. The van der Waals surface area contributed by atoms with Crippen molar-refractivity contribution < 1.29 is 22.0 Å². The molecule has 0 N–H and O–H groups in total. The predicted octanol–water partition coefficient (Wildman–Crippen LogP) is 6.70. The molecule has 0 fully saturated rings. The second-order valence-electron chi connectivity index (χ2n) is 8.20. The van der Waals surface area contributed by atoms with E-state index in [0.717, 1.165) is 30.5 Å². The molecule has 0 saturated heterocycles. The summed E-state index contributed by atoms with van der Waals surface area (Å²) in [7, 11) is -2.82. The Hall–Kier alpha value is -2.47. The minimum atomic E-state index is -2.82. The van der Waals surface area contributed by atoms with E-state index < -0.39 is 37.2 Å². The van der Waals surface area contributed by atoms with Gasteiger partial charge in [0.25, 0.3) is 0 Å². The van der Waals surface area contributed by atoms with Crippen LogP contribution in [0.4, 0.5) is 22.0 Å². The molecule has 0 heterocycles. The van der Waals surface area contributed by atoms with Crippen molar-refractivity contribution in [2.75, 3.05) is 0 Å². The fraction of sp³-hybridized carbons (Fsp3) is 0.250. The topological polar surface area (TPSA) is 0 Å². The molecule has 0 aliphatic heterocycles. The van der Waals surface area contributed by atoms with Crippen LogP contribution in [0, 0.1) is 29.1 Å². The van der Waals surface area contributed by atoms with Crippen LogP contribution in [0.3, 0.4) is 0 Å². The van der Waals surface area contributed by atoms with Crippen molar-refractivity contribution in [2.45, 2.75) is 38.9 Å². The Kier molecular flexibility index (Phi) is 6.46. The average molecular weight is 435 g/mol. The van der Waals surface area contributed by atoms with Gasteiger partial charge >= 0.3 is 0 Å². The SMILES string of the molecule is CCCc1ccc(-c2cc(F)c([Si](C)(C)Cc3cc(F)c(F)c(F)c3)c(F)c2)cc1. The van der Waals surface area contributed by atoms with Crippen LogP contribution in [0.2, 0.25) is 13.1 Å². The van der Waals surface area contributed by atoms with Gasteiger partial charge in [-0.3, -0.25) is 0 Å². The molecule has 6 heteroatoms. The third-order valence-electron chi connectivity index (χ3n) is 5.23. The summed E-state index contributed by atoms with van der Waals surface area (Å²) in [4.78, 5) is 0. The first-order chi connectivity index (χ1) is 14.1. The highest BCUT2D eigenvalue weighted by atomic mass is 28.3. The van der Waals surface area contributed by atoms with Crippen molar-refractivity contribution in [3.05, 3.63) is 88.7 Å². The standard InChI is InChI=1S/C24H23F5Si/c1-4-5-15-6-8-17(9-7-15)18-12-21(27)24(22(28)13-18)30(2,3)14-16-10-19(25)23(29)20(26)11-16/h6-13H,4-5,14H2,1-3H3. The molecule has 3 aromatic carbocycles. The van der Waals surface area contributed by atoms with E-state index in [-0.39, 0.29) is 16.8 Å². The number of benzene rings is 3. The quantitative estimate of drug-likeness (QED) is 0.230. The Bertz CT molecular complexity index is 1010. The van der Waals surface area contributed by atoms with E-state index in [2.05, 4.69) is 6.92 Å². The van der Waals surface area contributed by atoms with Crippen LogP contribution in [-0.2, 0) is 12.5 Å². The summed E-state index contributed by atoms with van der Waals surface area (Å²) in [6, 6.07) is 12.0. The van der Waals surface area contributed by atoms with Crippen LogP contribution in [0.25, 0.3) is 11.1 Å². The van der Waals surface area contributed by atoms with E-state index in [1.165, 1.54) is 12.1 Å². The van der Waals surface area contributed by atoms with E-state index in [1.54, 1.807) is 13.1 Å². The molecule has 0 amide bonds. The molecule has 30 heavy (non-hydrogen) atoms. The summed E-state index contributed by atoms with van der Waals surface area (Å²) in [6.45, 7) is 5.51.